The predicted molar refractivity (Wildman–Crippen MR) is 56.6 cm³/mol. The molecule has 2 amide bonds. The highest BCUT2D eigenvalue weighted by Gasteiger charge is 2.31. The Morgan fingerprint density at radius 1 is 1.38 bits per heavy atom. The average molecular weight is 220 g/mol. The number of ether oxygens (including phenoxy) is 1. The third kappa shape index (κ3) is 2.50. The number of hydrogen-bond acceptors (Lipinski definition) is 3. The van der Waals surface area contributed by atoms with E-state index in [2.05, 4.69) is 15.4 Å². The molecule has 0 saturated carbocycles. The van der Waals surface area contributed by atoms with Gasteiger partial charge < -0.3 is 15.4 Å². The molecule has 0 aliphatic carbocycles. The van der Waals surface area contributed by atoms with Gasteiger partial charge in [-0.3, -0.25) is 0 Å². The standard InChI is InChI=1S/C11H12N2O3/c14-10-9(7-16-10)13-11(15)12-6-8-4-2-1-3-5-8/h1-5,9H,6-7H2,(H2,12,13,15)/t9-/m0/s1. The Hall–Kier alpha value is -2.04. The summed E-state index contributed by atoms with van der Waals surface area (Å²) >= 11 is 0. The highest BCUT2D eigenvalue weighted by Crippen LogP contribution is 2.02. The number of nitrogens with one attached hydrogen (secondary N) is 2. The van der Waals surface area contributed by atoms with Gasteiger partial charge in [-0.05, 0) is 5.56 Å². The molecule has 2 rings (SSSR count). The molecule has 16 heavy (non-hydrogen) atoms. The summed E-state index contributed by atoms with van der Waals surface area (Å²) in [6, 6.07) is 8.70. The van der Waals surface area contributed by atoms with Crippen LogP contribution in [0, 0.1) is 0 Å². The molecule has 1 aliphatic heterocycles. The molecule has 0 bridgehead atoms. The number of amides is 2. The van der Waals surface area contributed by atoms with Crippen molar-refractivity contribution < 1.29 is 14.3 Å². The minimum atomic E-state index is -0.490. The Kier molecular flexibility index (Phi) is 3.05. The van der Waals surface area contributed by atoms with Crippen molar-refractivity contribution in [3.05, 3.63) is 35.9 Å². The summed E-state index contributed by atoms with van der Waals surface area (Å²) in [5.41, 5.74) is 1.01. The zero-order valence-corrected chi connectivity index (χ0v) is 8.60. The molecule has 1 saturated heterocycles. The van der Waals surface area contributed by atoms with Crippen LogP contribution in [-0.4, -0.2) is 24.6 Å². The van der Waals surface area contributed by atoms with Gasteiger partial charge in [0.25, 0.3) is 0 Å². The van der Waals surface area contributed by atoms with Crippen LogP contribution in [0.15, 0.2) is 30.3 Å². The molecular weight excluding hydrogens is 208 g/mol. The number of carbonyl (C=O) groups excluding carboxylic acids is 2. The zero-order valence-electron chi connectivity index (χ0n) is 8.60. The van der Waals surface area contributed by atoms with Gasteiger partial charge in [-0.15, -0.1) is 0 Å². The van der Waals surface area contributed by atoms with Gasteiger partial charge in [0.1, 0.15) is 6.61 Å². The van der Waals surface area contributed by atoms with Crippen molar-refractivity contribution in [3.63, 3.8) is 0 Å². The van der Waals surface area contributed by atoms with Crippen LogP contribution in [0.2, 0.25) is 0 Å². The lowest BCUT2D eigenvalue weighted by atomic mass is 10.2. The molecule has 0 aromatic heterocycles. The van der Waals surface area contributed by atoms with E-state index in [0.717, 1.165) is 5.56 Å². The van der Waals surface area contributed by atoms with Crippen LogP contribution in [-0.2, 0) is 16.1 Å². The first-order chi connectivity index (χ1) is 7.75. The van der Waals surface area contributed by atoms with Crippen LogP contribution in [0.5, 0.6) is 0 Å². The average Bonchev–Trinajstić information content (AvgIpc) is 2.33. The lowest BCUT2D eigenvalue weighted by Crippen LogP contribution is -2.55. The number of benzene rings is 1. The first-order valence-corrected chi connectivity index (χ1v) is 5.00. The molecule has 1 aromatic carbocycles. The second-order valence-electron chi connectivity index (χ2n) is 3.50. The van der Waals surface area contributed by atoms with Gasteiger partial charge in [0, 0.05) is 6.54 Å². The first kappa shape index (κ1) is 10.5. The van der Waals surface area contributed by atoms with Gasteiger partial charge in [-0.2, -0.15) is 0 Å². The number of rotatable bonds is 3. The summed E-state index contributed by atoms with van der Waals surface area (Å²) in [4.78, 5) is 22.1. The van der Waals surface area contributed by atoms with Crippen molar-refractivity contribution >= 4 is 12.0 Å². The molecule has 0 unspecified atom stereocenters. The highest BCUT2D eigenvalue weighted by molar-refractivity contribution is 5.86. The van der Waals surface area contributed by atoms with E-state index in [9.17, 15) is 9.59 Å². The minimum absolute atomic E-state index is 0.261. The number of cyclic esters (lactones) is 1. The molecule has 0 spiro atoms. The molecule has 1 heterocycles. The van der Waals surface area contributed by atoms with Gasteiger partial charge in [0.05, 0.1) is 0 Å². The lowest BCUT2D eigenvalue weighted by molar-refractivity contribution is -0.162. The van der Waals surface area contributed by atoms with Gasteiger partial charge in [0.2, 0.25) is 0 Å². The third-order valence-corrected chi connectivity index (χ3v) is 2.28. The molecular formula is C11H12N2O3. The molecule has 1 atom stereocenters. The molecule has 2 N–H and O–H groups in total. The normalized spacial score (nSPS) is 18.2. The number of carbonyl (C=O) groups is 2. The second kappa shape index (κ2) is 4.65. The van der Waals surface area contributed by atoms with E-state index in [4.69, 9.17) is 0 Å². The van der Waals surface area contributed by atoms with E-state index >= 15 is 0 Å². The van der Waals surface area contributed by atoms with Crippen molar-refractivity contribution in [2.24, 2.45) is 0 Å². The van der Waals surface area contributed by atoms with Crippen LogP contribution in [0.1, 0.15) is 5.56 Å². The Morgan fingerprint density at radius 2 is 2.12 bits per heavy atom. The molecule has 0 radical (unpaired) electrons. The summed E-state index contributed by atoms with van der Waals surface area (Å²) in [6.07, 6.45) is 0. The monoisotopic (exact) mass is 220 g/mol. The summed E-state index contributed by atoms with van der Waals surface area (Å²) in [6.45, 7) is 0.700. The van der Waals surface area contributed by atoms with Crippen molar-refractivity contribution in [2.75, 3.05) is 6.61 Å². The van der Waals surface area contributed by atoms with Crippen LogP contribution in [0.25, 0.3) is 0 Å². The fourth-order valence-corrected chi connectivity index (χ4v) is 1.32. The largest absolute Gasteiger partial charge is 0.461 e. The smallest absolute Gasteiger partial charge is 0.332 e. The van der Waals surface area contributed by atoms with Gasteiger partial charge in [-0.25, -0.2) is 9.59 Å². The van der Waals surface area contributed by atoms with Crippen LogP contribution in [0.3, 0.4) is 0 Å². The van der Waals surface area contributed by atoms with Gasteiger partial charge in [-0.1, -0.05) is 30.3 Å². The maximum atomic E-state index is 11.3. The lowest BCUT2D eigenvalue weighted by Gasteiger charge is -2.25. The Labute approximate surface area is 92.8 Å². The van der Waals surface area contributed by atoms with E-state index in [1.54, 1.807) is 0 Å². The number of esters is 1. The molecule has 84 valence electrons. The summed E-state index contributed by atoms with van der Waals surface area (Å²) in [5.74, 6) is -0.380. The topological polar surface area (TPSA) is 67.4 Å². The summed E-state index contributed by atoms with van der Waals surface area (Å²) < 4.78 is 4.53. The Balaban J connectivity index is 1.74. The van der Waals surface area contributed by atoms with Gasteiger partial charge >= 0.3 is 12.0 Å². The number of urea groups is 1. The van der Waals surface area contributed by atoms with E-state index in [1.165, 1.54) is 0 Å². The maximum absolute atomic E-state index is 11.3. The molecule has 1 fully saturated rings. The van der Waals surface area contributed by atoms with Crippen molar-refractivity contribution in [2.45, 2.75) is 12.6 Å². The Bertz CT molecular complexity index is 391. The minimum Gasteiger partial charge on any atom is -0.461 e. The second-order valence-corrected chi connectivity index (χ2v) is 3.50. The van der Waals surface area contributed by atoms with E-state index in [0.29, 0.717) is 6.54 Å². The zero-order chi connectivity index (χ0) is 11.4. The Morgan fingerprint density at radius 3 is 2.69 bits per heavy atom. The quantitative estimate of drug-likeness (QED) is 0.725. The van der Waals surface area contributed by atoms with Crippen LogP contribution in [0.4, 0.5) is 4.79 Å². The maximum Gasteiger partial charge on any atom is 0.332 e. The molecule has 1 aromatic rings. The highest BCUT2D eigenvalue weighted by atomic mass is 16.6. The van der Waals surface area contributed by atoms with Crippen LogP contribution >= 0.6 is 0 Å². The molecule has 5 heteroatoms. The van der Waals surface area contributed by atoms with Crippen molar-refractivity contribution in [1.29, 1.82) is 0 Å². The number of hydrogen-bond donors (Lipinski definition) is 2. The van der Waals surface area contributed by atoms with E-state index in [1.807, 2.05) is 30.3 Å². The fraction of sp³-hybridized carbons (Fsp3) is 0.273. The van der Waals surface area contributed by atoms with E-state index < -0.39 is 6.04 Å². The fourth-order valence-electron chi connectivity index (χ4n) is 1.32. The van der Waals surface area contributed by atoms with Crippen molar-refractivity contribution in [1.82, 2.24) is 10.6 Å². The predicted octanol–water partition coefficient (Wildman–Crippen LogP) is 0.411. The summed E-state index contributed by atoms with van der Waals surface area (Å²) in [7, 11) is 0. The molecule has 5 nitrogen and oxygen atoms in total. The summed E-state index contributed by atoms with van der Waals surface area (Å²) in [5, 5.41) is 5.17. The third-order valence-electron chi connectivity index (χ3n) is 2.28. The first-order valence-electron chi connectivity index (χ1n) is 5.00. The SMILES string of the molecule is O=C(NCc1ccccc1)N[C@H]1COC1=O. The van der Waals surface area contributed by atoms with Crippen molar-refractivity contribution in [3.8, 4) is 0 Å². The molecule has 1 aliphatic rings. The van der Waals surface area contributed by atoms with E-state index in [-0.39, 0.29) is 18.6 Å². The van der Waals surface area contributed by atoms with Crippen LogP contribution < -0.4 is 10.6 Å². The van der Waals surface area contributed by atoms with Gasteiger partial charge in [0.15, 0.2) is 6.04 Å².